The first kappa shape index (κ1) is 16.0. The molecular formula is C14H15IN4O4. The number of imide groups is 1. The lowest BCUT2D eigenvalue weighted by Gasteiger charge is -2.30. The van der Waals surface area contributed by atoms with Crippen molar-refractivity contribution in [3.63, 3.8) is 0 Å². The summed E-state index contributed by atoms with van der Waals surface area (Å²) in [5.74, 6) is 0.0754. The van der Waals surface area contributed by atoms with Crippen LogP contribution in [0.4, 0.5) is 4.79 Å². The van der Waals surface area contributed by atoms with Crippen molar-refractivity contribution in [1.29, 1.82) is 0 Å². The van der Waals surface area contributed by atoms with Gasteiger partial charge in [0.2, 0.25) is 0 Å². The van der Waals surface area contributed by atoms with Gasteiger partial charge < -0.3 is 15.0 Å². The van der Waals surface area contributed by atoms with E-state index in [1.165, 1.54) is 0 Å². The van der Waals surface area contributed by atoms with Gasteiger partial charge in [0.05, 0.1) is 13.7 Å². The number of fused-ring (bicyclic) bond motifs is 1. The maximum Gasteiger partial charge on any atom is 0.322 e. The van der Waals surface area contributed by atoms with Gasteiger partial charge in [-0.25, -0.2) is 4.79 Å². The second kappa shape index (κ2) is 5.96. The number of urea groups is 1. The van der Waals surface area contributed by atoms with Crippen molar-refractivity contribution >= 4 is 40.7 Å². The number of carbonyl (C=O) groups excluding carboxylic acids is 3. The van der Waals surface area contributed by atoms with Crippen molar-refractivity contribution in [2.75, 3.05) is 20.2 Å². The number of carbonyl (C=O) groups is 3. The zero-order chi connectivity index (χ0) is 16.6. The van der Waals surface area contributed by atoms with Gasteiger partial charge in [-0.05, 0) is 23.8 Å². The molecule has 3 rings (SSSR count). The predicted molar refractivity (Wildman–Crippen MR) is 89.2 cm³/mol. The highest BCUT2D eigenvalue weighted by atomic mass is 127. The van der Waals surface area contributed by atoms with Crippen LogP contribution in [-0.2, 0) is 11.3 Å². The zero-order valence-corrected chi connectivity index (χ0v) is 14.5. The number of amides is 4. The van der Waals surface area contributed by atoms with E-state index < -0.39 is 17.5 Å². The van der Waals surface area contributed by atoms with E-state index in [1.807, 2.05) is 28.9 Å². The fourth-order valence-electron chi connectivity index (χ4n) is 2.87. The summed E-state index contributed by atoms with van der Waals surface area (Å²) in [7, 11) is 1.57. The van der Waals surface area contributed by atoms with Crippen LogP contribution in [0.15, 0.2) is 18.2 Å². The van der Waals surface area contributed by atoms with Crippen molar-refractivity contribution in [2.45, 2.75) is 12.1 Å². The zero-order valence-electron chi connectivity index (χ0n) is 12.3. The van der Waals surface area contributed by atoms with Crippen LogP contribution >= 0.6 is 22.9 Å². The molecule has 4 amide bonds. The summed E-state index contributed by atoms with van der Waals surface area (Å²) in [4.78, 5) is 37.8. The van der Waals surface area contributed by atoms with Crippen molar-refractivity contribution in [2.24, 2.45) is 0 Å². The van der Waals surface area contributed by atoms with Crippen LogP contribution in [-0.4, -0.2) is 48.5 Å². The summed E-state index contributed by atoms with van der Waals surface area (Å²) >= 11 is 1.90. The molecule has 0 saturated carbocycles. The Labute approximate surface area is 146 Å². The highest BCUT2D eigenvalue weighted by molar-refractivity contribution is 14.1. The molecule has 1 saturated heterocycles. The number of nitrogens with zero attached hydrogens (tertiary/aromatic N) is 1. The summed E-state index contributed by atoms with van der Waals surface area (Å²) in [6, 6.07) is 4.70. The van der Waals surface area contributed by atoms with E-state index in [0.29, 0.717) is 17.9 Å². The van der Waals surface area contributed by atoms with E-state index in [9.17, 15) is 14.4 Å². The third-order valence-corrected chi connectivity index (χ3v) is 4.42. The highest BCUT2D eigenvalue weighted by Crippen LogP contribution is 2.28. The molecule has 1 fully saturated rings. The standard InChI is InChI=1S/C14H15IN4O4/c1-23-9-2-3-10-8(4-9)5-19(11(10)20)7-14(6-16-15)12(21)17-13(22)18-14/h2-4,16H,5-7H2,1H3,(H2,17,18,21,22). The normalized spacial score (nSPS) is 22.9. The minimum Gasteiger partial charge on any atom is -0.497 e. The Morgan fingerprint density at radius 1 is 1.39 bits per heavy atom. The van der Waals surface area contributed by atoms with Gasteiger partial charge in [-0.3, -0.25) is 18.4 Å². The summed E-state index contributed by atoms with van der Waals surface area (Å²) < 4.78 is 8.04. The number of halogens is 1. The molecule has 2 aliphatic heterocycles. The van der Waals surface area contributed by atoms with Crippen molar-refractivity contribution in [3.8, 4) is 5.75 Å². The lowest BCUT2D eigenvalue weighted by Crippen LogP contribution is -2.59. The van der Waals surface area contributed by atoms with Gasteiger partial charge >= 0.3 is 6.03 Å². The Hall–Kier alpha value is -1.88. The second-order valence-corrected chi connectivity index (χ2v) is 6.25. The summed E-state index contributed by atoms with van der Waals surface area (Å²) in [5, 5.41) is 4.86. The highest BCUT2D eigenvalue weighted by Gasteiger charge is 2.48. The first-order valence-electron chi connectivity index (χ1n) is 6.92. The van der Waals surface area contributed by atoms with Crippen LogP contribution in [0.25, 0.3) is 0 Å². The Morgan fingerprint density at radius 3 is 2.78 bits per heavy atom. The lowest BCUT2D eigenvalue weighted by molar-refractivity contribution is -0.124. The molecule has 0 aliphatic carbocycles. The molecule has 1 unspecified atom stereocenters. The maximum absolute atomic E-state index is 12.5. The van der Waals surface area contributed by atoms with Crippen LogP contribution in [0.1, 0.15) is 15.9 Å². The minimum absolute atomic E-state index is 0.0937. The van der Waals surface area contributed by atoms with E-state index in [2.05, 4.69) is 14.2 Å². The van der Waals surface area contributed by atoms with Gasteiger partial charge in [0, 0.05) is 41.5 Å². The second-order valence-electron chi connectivity index (χ2n) is 5.49. The van der Waals surface area contributed by atoms with Gasteiger partial charge in [0.15, 0.2) is 5.54 Å². The van der Waals surface area contributed by atoms with Gasteiger partial charge in [0.25, 0.3) is 11.8 Å². The molecule has 2 aliphatic rings. The maximum atomic E-state index is 12.5. The van der Waals surface area contributed by atoms with E-state index in [0.717, 1.165) is 5.56 Å². The van der Waals surface area contributed by atoms with Crippen LogP contribution in [0.3, 0.4) is 0 Å². The molecule has 8 nitrogen and oxygen atoms in total. The summed E-state index contributed by atoms with van der Waals surface area (Å²) in [5.41, 5.74) is 0.268. The fourth-order valence-corrected chi connectivity index (χ4v) is 3.52. The van der Waals surface area contributed by atoms with Crippen molar-refractivity contribution < 1.29 is 19.1 Å². The molecule has 2 heterocycles. The van der Waals surface area contributed by atoms with Crippen LogP contribution in [0.5, 0.6) is 5.75 Å². The molecule has 0 bridgehead atoms. The number of hydrogen-bond acceptors (Lipinski definition) is 5. The van der Waals surface area contributed by atoms with Crippen molar-refractivity contribution in [3.05, 3.63) is 29.3 Å². The molecule has 122 valence electrons. The van der Waals surface area contributed by atoms with E-state index in [4.69, 9.17) is 4.74 Å². The van der Waals surface area contributed by atoms with Crippen molar-refractivity contribution in [1.82, 2.24) is 19.1 Å². The third-order valence-electron chi connectivity index (χ3n) is 4.04. The number of methoxy groups -OCH3 is 1. The first-order valence-corrected chi connectivity index (χ1v) is 8.00. The molecule has 3 N–H and O–H groups in total. The molecule has 0 radical (unpaired) electrons. The molecule has 0 aromatic heterocycles. The summed E-state index contributed by atoms with van der Waals surface area (Å²) in [6.07, 6.45) is 0. The van der Waals surface area contributed by atoms with Gasteiger partial charge in [-0.1, -0.05) is 0 Å². The summed E-state index contributed by atoms with van der Waals surface area (Å²) in [6.45, 7) is 0.683. The molecule has 0 spiro atoms. The average Bonchev–Trinajstić information content (AvgIpc) is 2.96. The number of benzene rings is 1. The molecule has 1 atom stereocenters. The van der Waals surface area contributed by atoms with E-state index >= 15 is 0 Å². The largest absolute Gasteiger partial charge is 0.497 e. The van der Waals surface area contributed by atoms with Crippen LogP contribution in [0.2, 0.25) is 0 Å². The third kappa shape index (κ3) is 2.74. The van der Waals surface area contributed by atoms with Crippen LogP contribution < -0.4 is 18.9 Å². The number of rotatable bonds is 5. The first-order chi connectivity index (χ1) is 11.0. The number of hydrogen-bond donors (Lipinski definition) is 3. The quantitative estimate of drug-likeness (QED) is 0.352. The van der Waals surface area contributed by atoms with Gasteiger partial charge in [-0.15, -0.1) is 0 Å². The molecule has 23 heavy (non-hydrogen) atoms. The average molecular weight is 430 g/mol. The smallest absolute Gasteiger partial charge is 0.322 e. The molecule has 1 aromatic carbocycles. The number of nitrogens with one attached hydrogen (secondary N) is 3. The minimum atomic E-state index is -1.17. The Morgan fingerprint density at radius 2 is 2.17 bits per heavy atom. The predicted octanol–water partition coefficient (Wildman–Crippen LogP) is 0.169. The molecular weight excluding hydrogens is 415 g/mol. The number of ether oxygens (including phenoxy) is 1. The Kier molecular flexibility index (Phi) is 4.15. The Balaban J connectivity index is 1.84. The molecule has 1 aromatic rings. The monoisotopic (exact) mass is 430 g/mol. The SMILES string of the molecule is COc1ccc2c(c1)CN(CC1(CNI)NC(=O)NC1=O)C2=O. The Bertz CT molecular complexity index is 695. The van der Waals surface area contributed by atoms with E-state index in [1.54, 1.807) is 24.1 Å². The molecule has 9 heteroatoms. The fraction of sp³-hybridized carbons (Fsp3) is 0.357. The van der Waals surface area contributed by atoms with Crippen LogP contribution in [0, 0.1) is 0 Å². The van der Waals surface area contributed by atoms with E-state index in [-0.39, 0.29) is 19.0 Å². The lowest BCUT2D eigenvalue weighted by atomic mass is 9.99. The van der Waals surface area contributed by atoms with Gasteiger partial charge in [-0.2, -0.15) is 0 Å². The van der Waals surface area contributed by atoms with Gasteiger partial charge in [0.1, 0.15) is 5.75 Å². The topological polar surface area (TPSA) is 99.8 Å².